The quantitative estimate of drug-likeness (QED) is 0.279. The van der Waals surface area contributed by atoms with Gasteiger partial charge in [-0.2, -0.15) is 13.2 Å². The molecule has 3 aromatic carbocycles. The minimum atomic E-state index is -4.42. The van der Waals surface area contributed by atoms with Crippen LogP contribution >= 0.6 is 0 Å². The van der Waals surface area contributed by atoms with Gasteiger partial charge in [-0.3, -0.25) is 19.5 Å². The molecule has 0 aliphatic heterocycles. The fourth-order valence-corrected chi connectivity index (χ4v) is 4.09. The lowest BCUT2D eigenvalue weighted by Gasteiger charge is -2.21. The van der Waals surface area contributed by atoms with Crippen molar-refractivity contribution in [2.24, 2.45) is 11.5 Å². The standard InChI is InChI=1S/C27H26F3N5O3/c1-16(33-22(25(32)37)14-15-24(31)36)26-34-21-4-2-3-5-23(21)35(26)18-8-12-20(13-9-18)38-19-10-6-17(7-11-19)27(28,29)30/h2-13,16,22,33H,14-15H2,1H3,(H2,31,36)(H2,32,37). The second kappa shape index (κ2) is 10.9. The van der Waals surface area contributed by atoms with Crippen LogP contribution < -0.4 is 21.5 Å². The molecule has 0 radical (unpaired) electrons. The van der Waals surface area contributed by atoms with Gasteiger partial charge < -0.3 is 16.2 Å². The average Bonchev–Trinajstić information content (AvgIpc) is 3.26. The second-order valence-electron chi connectivity index (χ2n) is 8.76. The lowest BCUT2D eigenvalue weighted by Crippen LogP contribution is -2.43. The number of alkyl halides is 3. The van der Waals surface area contributed by atoms with Gasteiger partial charge in [-0.05, 0) is 74.0 Å². The number of halogens is 3. The highest BCUT2D eigenvalue weighted by Crippen LogP contribution is 2.32. The maximum atomic E-state index is 12.8. The van der Waals surface area contributed by atoms with Crippen LogP contribution in [0, 0.1) is 0 Å². The third kappa shape index (κ3) is 6.12. The number of aromatic nitrogens is 2. The lowest BCUT2D eigenvalue weighted by atomic mass is 10.1. The van der Waals surface area contributed by atoms with E-state index < -0.39 is 35.6 Å². The van der Waals surface area contributed by atoms with E-state index in [0.29, 0.717) is 11.6 Å². The molecule has 0 fully saturated rings. The van der Waals surface area contributed by atoms with E-state index >= 15 is 0 Å². The van der Waals surface area contributed by atoms with Crippen molar-refractivity contribution >= 4 is 22.8 Å². The van der Waals surface area contributed by atoms with Crippen molar-refractivity contribution in [3.05, 3.63) is 84.2 Å². The highest BCUT2D eigenvalue weighted by molar-refractivity contribution is 5.81. The van der Waals surface area contributed by atoms with Crippen LogP contribution in [0.4, 0.5) is 13.2 Å². The number of para-hydroxylation sites is 2. The molecule has 2 unspecified atom stereocenters. The van der Waals surface area contributed by atoms with Gasteiger partial charge in [0.25, 0.3) is 0 Å². The number of hydrogen-bond donors (Lipinski definition) is 3. The van der Waals surface area contributed by atoms with Crippen LogP contribution in [0.15, 0.2) is 72.8 Å². The minimum Gasteiger partial charge on any atom is -0.457 e. The minimum absolute atomic E-state index is 0.00410. The molecule has 0 aliphatic carbocycles. The molecule has 0 bridgehead atoms. The number of amides is 2. The van der Waals surface area contributed by atoms with Crippen LogP contribution in [0.5, 0.6) is 11.5 Å². The first-order valence-electron chi connectivity index (χ1n) is 11.8. The number of nitrogens with one attached hydrogen (secondary N) is 1. The van der Waals surface area contributed by atoms with E-state index in [1.165, 1.54) is 12.1 Å². The van der Waals surface area contributed by atoms with Crippen molar-refractivity contribution in [1.82, 2.24) is 14.9 Å². The normalized spacial score (nSPS) is 13.3. The Morgan fingerprint density at radius 2 is 1.58 bits per heavy atom. The summed E-state index contributed by atoms with van der Waals surface area (Å²) in [7, 11) is 0. The number of rotatable bonds is 10. The number of fused-ring (bicyclic) bond motifs is 1. The van der Waals surface area contributed by atoms with Crippen molar-refractivity contribution < 1.29 is 27.5 Å². The van der Waals surface area contributed by atoms with E-state index in [0.717, 1.165) is 28.9 Å². The molecular weight excluding hydrogens is 499 g/mol. The Morgan fingerprint density at radius 1 is 0.974 bits per heavy atom. The van der Waals surface area contributed by atoms with Crippen molar-refractivity contribution in [1.29, 1.82) is 0 Å². The van der Waals surface area contributed by atoms with E-state index in [-0.39, 0.29) is 18.6 Å². The summed E-state index contributed by atoms with van der Waals surface area (Å²) in [4.78, 5) is 27.9. The highest BCUT2D eigenvalue weighted by Gasteiger charge is 2.30. The summed E-state index contributed by atoms with van der Waals surface area (Å²) in [6.07, 6.45) is -4.26. The number of carbonyl (C=O) groups is 2. The number of benzene rings is 3. The van der Waals surface area contributed by atoms with Crippen LogP contribution in [0.1, 0.15) is 37.2 Å². The Bertz CT molecular complexity index is 1430. The molecule has 0 spiro atoms. The van der Waals surface area contributed by atoms with Crippen LogP contribution in [0.25, 0.3) is 16.7 Å². The van der Waals surface area contributed by atoms with Crippen molar-refractivity contribution in [3.8, 4) is 17.2 Å². The van der Waals surface area contributed by atoms with Gasteiger partial charge in [0.15, 0.2) is 0 Å². The summed E-state index contributed by atoms with van der Waals surface area (Å²) < 4.78 is 46.1. The summed E-state index contributed by atoms with van der Waals surface area (Å²) in [6.45, 7) is 1.83. The largest absolute Gasteiger partial charge is 0.457 e. The molecule has 4 aromatic rings. The van der Waals surface area contributed by atoms with Gasteiger partial charge in [0.2, 0.25) is 11.8 Å². The molecule has 1 aromatic heterocycles. The molecule has 5 N–H and O–H groups in total. The van der Waals surface area contributed by atoms with E-state index in [1.807, 2.05) is 35.8 Å². The monoisotopic (exact) mass is 525 g/mol. The first-order chi connectivity index (χ1) is 18.0. The Morgan fingerprint density at radius 3 is 2.16 bits per heavy atom. The molecule has 2 amide bonds. The number of nitrogens with zero attached hydrogens (tertiary/aromatic N) is 2. The van der Waals surface area contributed by atoms with Crippen molar-refractivity contribution in [2.45, 2.75) is 38.0 Å². The first-order valence-corrected chi connectivity index (χ1v) is 11.8. The molecule has 0 aliphatic rings. The predicted molar refractivity (Wildman–Crippen MR) is 136 cm³/mol. The Hall–Kier alpha value is -4.38. The van der Waals surface area contributed by atoms with E-state index in [2.05, 4.69) is 5.32 Å². The number of primary amides is 2. The molecule has 38 heavy (non-hydrogen) atoms. The van der Waals surface area contributed by atoms with Gasteiger partial charge in [-0.15, -0.1) is 0 Å². The van der Waals surface area contributed by atoms with Gasteiger partial charge >= 0.3 is 6.18 Å². The molecule has 8 nitrogen and oxygen atoms in total. The molecule has 4 rings (SSSR count). The van der Waals surface area contributed by atoms with Crippen LogP contribution in [-0.2, 0) is 15.8 Å². The summed E-state index contributed by atoms with van der Waals surface area (Å²) in [5, 5.41) is 3.15. The van der Waals surface area contributed by atoms with Crippen molar-refractivity contribution in [3.63, 3.8) is 0 Å². The fraction of sp³-hybridized carbons (Fsp3) is 0.222. The number of carbonyl (C=O) groups excluding carboxylic acids is 2. The molecule has 0 saturated carbocycles. The Kier molecular flexibility index (Phi) is 7.67. The van der Waals surface area contributed by atoms with Gasteiger partial charge in [-0.25, -0.2) is 4.98 Å². The predicted octanol–water partition coefficient (Wildman–Crippen LogP) is 4.61. The smallest absolute Gasteiger partial charge is 0.416 e. The SMILES string of the molecule is CC(NC(CCC(N)=O)C(N)=O)c1nc2ccccc2n1-c1ccc(Oc2ccc(C(F)(F)F)cc2)cc1. The summed E-state index contributed by atoms with van der Waals surface area (Å²) >= 11 is 0. The van der Waals surface area contributed by atoms with E-state index in [9.17, 15) is 22.8 Å². The topological polar surface area (TPSA) is 125 Å². The second-order valence-corrected chi connectivity index (χ2v) is 8.76. The first kappa shape index (κ1) is 26.7. The van der Waals surface area contributed by atoms with E-state index in [4.69, 9.17) is 21.2 Å². The number of nitrogens with two attached hydrogens (primary N) is 2. The van der Waals surface area contributed by atoms with Crippen LogP contribution in [-0.4, -0.2) is 27.4 Å². The summed E-state index contributed by atoms with van der Waals surface area (Å²) in [5.74, 6) is 0.173. The van der Waals surface area contributed by atoms with Crippen molar-refractivity contribution in [2.75, 3.05) is 0 Å². The third-order valence-corrected chi connectivity index (χ3v) is 5.96. The van der Waals surface area contributed by atoms with Crippen LogP contribution in [0.2, 0.25) is 0 Å². The molecular formula is C27H26F3N5O3. The zero-order chi connectivity index (χ0) is 27.4. The number of imidazole rings is 1. The zero-order valence-corrected chi connectivity index (χ0v) is 20.4. The summed E-state index contributed by atoms with van der Waals surface area (Å²) in [5.41, 5.74) is 12.3. The summed E-state index contributed by atoms with van der Waals surface area (Å²) in [6, 6.07) is 17.7. The van der Waals surface area contributed by atoms with Gasteiger partial charge in [0.1, 0.15) is 17.3 Å². The molecule has 1 heterocycles. The van der Waals surface area contributed by atoms with Gasteiger partial charge in [0, 0.05) is 12.1 Å². The molecule has 0 saturated heterocycles. The fourth-order valence-electron chi connectivity index (χ4n) is 4.09. The number of ether oxygens (including phenoxy) is 1. The molecule has 198 valence electrons. The maximum absolute atomic E-state index is 12.8. The van der Waals surface area contributed by atoms with Gasteiger partial charge in [0.05, 0.1) is 28.7 Å². The Balaban J connectivity index is 1.60. The average molecular weight is 526 g/mol. The molecule has 11 heteroatoms. The van der Waals surface area contributed by atoms with Crippen LogP contribution in [0.3, 0.4) is 0 Å². The lowest BCUT2D eigenvalue weighted by molar-refractivity contribution is -0.137. The maximum Gasteiger partial charge on any atom is 0.416 e. The zero-order valence-electron chi connectivity index (χ0n) is 20.4. The molecule has 2 atom stereocenters. The van der Waals surface area contributed by atoms with E-state index in [1.54, 1.807) is 24.3 Å². The van der Waals surface area contributed by atoms with Gasteiger partial charge in [-0.1, -0.05) is 12.1 Å². The third-order valence-electron chi connectivity index (χ3n) is 5.96. The highest BCUT2D eigenvalue weighted by atomic mass is 19.4. The Labute approximate surface area is 216 Å². The number of hydrogen-bond acceptors (Lipinski definition) is 5.